The van der Waals surface area contributed by atoms with Gasteiger partial charge in [0.05, 0.1) is 6.10 Å². The molecule has 8 heteroatoms. The van der Waals surface area contributed by atoms with Gasteiger partial charge in [-0.1, -0.05) is 42.4 Å². The maximum atomic E-state index is 12.5. The highest BCUT2D eigenvalue weighted by Gasteiger charge is 2.32. The molecule has 0 unspecified atom stereocenters. The highest BCUT2D eigenvalue weighted by molar-refractivity contribution is 5.85. The van der Waals surface area contributed by atoms with Crippen molar-refractivity contribution >= 4 is 18.3 Å². The van der Waals surface area contributed by atoms with E-state index < -0.39 is 0 Å². The maximum absolute atomic E-state index is 12.5. The number of aromatic nitrogens is 2. The van der Waals surface area contributed by atoms with Gasteiger partial charge in [-0.2, -0.15) is 4.98 Å². The summed E-state index contributed by atoms with van der Waals surface area (Å²) in [5.41, 5.74) is 7.27. The van der Waals surface area contributed by atoms with Gasteiger partial charge in [-0.3, -0.25) is 4.79 Å². The summed E-state index contributed by atoms with van der Waals surface area (Å²) < 4.78 is 11.1. The average Bonchev–Trinajstić information content (AvgIpc) is 3.15. The first kappa shape index (κ1) is 23.3. The number of benzene rings is 1. The molecular weight excluding hydrogens is 392 g/mol. The second-order valence-corrected chi connectivity index (χ2v) is 7.39. The monoisotopic (exact) mass is 422 g/mol. The summed E-state index contributed by atoms with van der Waals surface area (Å²) in [6.45, 7) is 3.24. The molecule has 0 bridgehead atoms. The molecule has 29 heavy (non-hydrogen) atoms. The summed E-state index contributed by atoms with van der Waals surface area (Å²) >= 11 is 0. The quantitative estimate of drug-likeness (QED) is 0.643. The van der Waals surface area contributed by atoms with Crippen LogP contribution in [-0.2, 0) is 22.4 Å². The molecule has 1 amide bonds. The number of rotatable bonds is 9. The van der Waals surface area contributed by atoms with E-state index in [9.17, 15) is 4.79 Å². The number of halogens is 1. The Balaban J connectivity index is 0.00000300. The third-order valence-electron chi connectivity index (χ3n) is 5.10. The molecule has 1 saturated carbocycles. The first-order valence-electron chi connectivity index (χ1n) is 10.2. The first-order chi connectivity index (χ1) is 13.7. The second-order valence-electron chi connectivity index (χ2n) is 7.39. The maximum Gasteiger partial charge on any atom is 0.228 e. The fourth-order valence-corrected chi connectivity index (χ4v) is 3.53. The van der Waals surface area contributed by atoms with Crippen molar-refractivity contribution in [3.63, 3.8) is 0 Å². The SMILES string of the molecule is CCCO[C@H]1C[C@@H](C(=O)NCCc2nc(Cc3ccccc3)no2)CC[C@@H]1N.Cl. The summed E-state index contributed by atoms with van der Waals surface area (Å²) in [6, 6.07) is 10.0. The van der Waals surface area contributed by atoms with Crippen LogP contribution in [0.4, 0.5) is 0 Å². The molecule has 1 aromatic heterocycles. The Labute approximate surface area is 178 Å². The van der Waals surface area contributed by atoms with Crippen LogP contribution in [0.15, 0.2) is 34.9 Å². The molecule has 3 atom stereocenters. The topological polar surface area (TPSA) is 103 Å². The number of hydrogen-bond donors (Lipinski definition) is 2. The van der Waals surface area contributed by atoms with E-state index in [1.54, 1.807) is 0 Å². The van der Waals surface area contributed by atoms with Crippen molar-refractivity contribution in [2.45, 2.75) is 57.6 Å². The van der Waals surface area contributed by atoms with Crippen LogP contribution in [0.25, 0.3) is 0 Å². The predicted octanol–water partition coefficient (Wildman–Crippen LogP) is 2.66. The van der Waals surface area contributed by atoms with E-state index >= 15 is 0 Å². The van der Waals surface area contributed by atoms with Crippen LogP contribution < -0.4 is 11.1 Å². The lowest BCUT2D eigenvalue weighted by Gasteiger charge is -2.33. The van der Waals surface area contributed by atoms with Gasteiger partial charge in [0.1, 0.15) is 0 Å². The van der Waals surface area contributed by atoms with Gasteiger partial charge < -0.3 is 20.3 Å². The zero-order valence-electron chi connectivity index (χ0n) is 16.9. The van der Waals surface area contributed by atoms with Gasteiger partial charge in [0.2, 0.25) is 11.8 Å². The molecular formula is C21H31ClN4O3. The Morgan fingerprint density at radius 2 is 2.10 bits per heavy atom. The summed E-state index contributed by atoms with van der Waals surface area (Å²) in [5.74, 6) is 1.21. The summed E-state index contributed by atoms with van der Waals surface area (Å²) in [4.78, 5) is 16.9. The zero-order chi connectivity index (χ0) is 19.8. The third kappa shape index (κ3) is 7.10. The fourth-order valence-electron chi connectivity index (χ4n) is 3.53. The summed E-state index contributed by atoms with van der Waals surface area (Å²) in [6.07, 6.45) is 4.40. The molecule has 7 nitrogen and oxygen atoms in total. The van der Waals surface area contributed by atoms with Crippen LogP contribution in [0.3, 0.4) is 0 Å². The smallest absolute Gasteiger partial charge is 0.228 e. The molecule has 160 valence electrons. The molecule has 1 fully saturated rings. The number of nitrogens with two attached hydrogens (primary N) is 1. The lowest BCUT2D eigenvalue weighted by molar-refractivity contribution is -0.128. The lowest BCUT2D eigenvalue weighted by atomic mass is 9.83. The van der Waals surface area contributed by atoms with Gasteiger partial charge in [-0.15, -0.1) is 12.4 Å². The van der Waals surface area contributed by atoms with Gasteiger partial charge in [0, 0.05) is 38.0 Å². The fraction of sp³-hybridized carbons (Fsp3) is 0.571. The van der Waals surface area contributed by atoms with E-state index in [4.69, 9.17) is 15.0 Å². The number of hydrogen-bond acceptors (Lipinski definition) is 6. The van der Waals surface area contributed by atoms with Gasteiger partial charge in [0.15, 0.2) is 5.82 Å². The van der Waals surface area contributed by atoms with Crippen molar-refractivity contribution in [3.05, 3.63) is 47.6 Å². The Bertz CT molecular complexity index is 741. The van der Waals surface area contributed by atoms with Crippen molar-refractivity contribution in [2.24, 2.45) is 11.7 Å². The van der Waals surface area contributed by atoms with Crippen molar-refractivity contribution in [1.82, 2.24) is 15.5 Å². The van der Waals surface area contributed by atoms with Crippen molar-refractivity contribution < 1.29 is 14.1 Å². The first-order valence-corrected chi connectivity index (χ1v) is 10.2. The van der Waals surface area contributed by atoms with Crippen LogP contribution in [0.2, 0.25) is 0 Å². The van der Waals surface area contributed by atoms with Crippen LogP contribution in [0.1, 0.15) is 49.9 Å². The highest BCUT2D eigenvalue weighted by atomic mass is 35.5. The van der Waals surface area contributed by atoms with Gasteiger partial charge in [-0.25, -0.2) is 0 Å². The molecule has 0 radical (unpaired) electrons. The average molecular weight is 423 g/mol. The molecule has 0 spiro atoms. The van der Waals surface area contributed by atoms with E-state index in [1.807, 2.05) is 30.3 Å². The minimum absolute atomic E-state index is 0. The highest BCUT2D eigenvalue weighted by Crippen LogP contribution is 2.26. The number of carbonyl (C=O) groups is 1. The molecule has 3 rings (SSSR count). The third-order valence-corrected chi connectivity index (χ3v) is 5.10. The van der Waals surface area contributed by atoms with Crippen LogP contribution >= 0.6 is 12.4 Å². The van der Waals surface area contributed by atoms with Crippen molar-refractivity contribution in [3.8, 4) is 0 Å². The molecule has 1 heterocycles. The van der Waals surface area contributed by atoms with Crippen molar-refractivity contribution in [1.29, 1.82) is 0 Å². The predicted molar refractivity (Wildman–Crippen MR) is 113 cm³/mol. The number of carbonyl (C=O) groups excluding carboxylic acids is 1. The molecule has 3 N–H and O–H groups in total. The van der Waals surface area contributed by atoms with E-state index in [0.29, 0.717) is 44.1 Å². The van der Waals surface area contributed by atoms with Crippen LogP contribution in [-0.4, -0.2) is 41.3 Å². The Morgan fingerprint density at radius 3 is 2.86 bits per heavy atom. The minimum Gasteiger partial charge on any atom is -0.377 e. The van der Waals surface area contributed by atoms with E-state index in [-0.39, 0.29) is 36.4 Å². The number of amides is 1. The van der Waals surface area contributed by atoms with E-state index in [2.05, 4.69) is 22.4 Å². The van der Waals surface area contributed by atoms with Crippen molar-refractivity contribution in [2.75, 3.05) is 13.2 Å². The molecule has 1 aliphatic rings. The number of nitrogens with one attached hydrogen (secondary N) is 1. The molecule has 2 aromatic rings. The number of ether oxygens (including phenoxy) is 1. The standard InChI is InChI=1S/C21H30N4O3.ClH/c1-2-12-27-18-14-16(8-9-17(18)22)21(26)23-11-10-20-24-19(25-28-20)13-15-6-4-3-5-7-15;/h3-7,16-18H,2,8-14,22H2,1H3,(H,23,26);1H/t16-,17-,18-;/m0./s1. The van der Waals surface area contributed by atoms with Crippen LogP contribution in [0.5, 0.6) is 0 Å². The van der Waals surface area contributed by atoms with Gasteiger partial charge in [-0.05, 0) is 31.2 Å². The Morgan fingerprint density at radius 1 is 1.31 bits per heavy atom. The molecule has 1 aromatic carbocycles. The zero-order valence-corrected chi connectivity index (χ0v) is 17.7. The minimum atomic E-state index is -0.0435. The van der Waals surface area contributed by atoms with Gasteiger partial charge in [0.25, 0.3) is 0 Å². The summed E-state index contributed by atoms with van der Waals surface area (Å²) in [5, 5.41) is 7.00. The second kappa shape index (κ2) is 11.9. The lowest BCUT2D eigenvalue weighted by Crippen LogP contribution is -2.46. The normalized spacial score (nSPS) is 21.4. The largest absolute Gasteiger partial charge is 0.377 e. The molecule has 0 aliphatic heterocycles. The van der Waals surface area contributed by atoms with Gasteiger partial charge >= 0.3 is 0 Å². The molecule has 1 aliphatic carbocycles. The molecule has 0 saturated heterocycles. The Hall–Kier alpha value is -1.96. The van der Waals surface area contributed by atoms with E-state index in [0.717, 1.165) is 24.8 Å². The van der Waals surface area contributed by atoms with Crippen LogP contribution in [0, 0.1) is 5.92 Å². The summed E-state index contributed by atoms with van der Waals surface area (Å²) in [7, 11) is 0. The van der Waals surface area contributed by atoms with E-state index in [1.165, 1.54) is 0 Å². The number of nitrogens with zero attached hydrogens (tertiary/aromatic N) is 2. The Kier molecular flexibility index (Phi) is 9.57.